The summed E-state index contributed by atoms with van der Waals surface area (Å²) in [5.74, 6) is -1.42. The zero-order valence-electron chi connectivity index (χ0n) is 19.5. The van der Waals surface area contributed by atoms with E-state index in [2.05, 4.69) is 10.3 Å². The number of ether oxygens (including phenoxy) is 2. The van der Waals surface area contributed by atoms with Crippen molar-refractivity contribution in [2.75, 3.05) is 46.5 Å². The molecule has 1 unspecified atom stereocenters. The fraction of sp³-hybridized carbons (Fsp3) is 0.375. The number of benzene rings is 2. The molecule has 0 spiro atoms. The lowest BCUT2D eigenvalue weighted by Crippen LogP contribution is -2.68. The first-order valence-electron chi connectivity index (χ1n) is 11.4. The zero-order valence-corrected chi connectivity index (χ0v) is 19.5. The van der Waals surface area contributed by atoms with E-state index in [4.69, 9.17) is 9.47 Å². The minimum Gasteiger partial charge on any atom is -0.494 e. The summed E-state index contributed by atoms with van der Waals surface area (Å²) in [7, 11) is 1.33. The van der Waals surface area contributed by atoms with Crippen molar-refractivity contribution in [2.24, 2.45) is 0 Å². The number of hydrogen-bond donors (Lipinski definition) is 3. The quantitative estimate of drug-likeness (QED) is 0.284. The molecule has 11 heteroatoms. The molecule has 3 amide bonds. The van der Waals surface area contributed by atoms with Gasteiger partial charge < -0.3 is 14.4 Å². The summed E-state index contributed by atoms with van der Waals surface area (Å²) in [5, 5.41) is 9.60. The largest absolute Gasteiger partial charge is 0.494 e. The first kappa shape index (κ1) is 24.6. The Bertz CT molecular complexity index is 1040. The molecular formula is C24H29N5O6. The highest BCUT2D eigenvalue weighted by Gasteiger charge is 2.40. The Balaban J connectivity index is 1.31. The summed E-state index contributed by atoms with van der Waals surface area (Å²) >= 11 is 0. The van der Waals surface area contributed by atoms with E-state index in [0.717, 1.165) is 61.0 Å². The van der Waals surface area contributed by atoms with Crippen molar-refractivity contribution in [1.29, 1.82) is 0 Å². The molecule has 0 radical (unpaired) electrons. The van der Waals surface area contributed by atoms with E-state index < -0.39 is 23.8 Å². The number of likely N-dealkylation sites (N-methyl/N-ethyl adjacent to an activating group) is 1. The molecule has 2 aliphatic heterocycles. The first-order chi connectivity index (χ1) is 16.9. The number of amides is 3. The molecule has 0 aliphatic carbocycles. The van der Waals surface area contributed by atoms with Gasteiger partial charge in [-0.05, 0) is 41.8 Å². The number of nitrogens with zero attached hydrogens (tertiary/aromatic N) is 3. The standard InChI is InChI=1S/C24H29N5O6/c1-27(21-22(30)25-26-29(33)24(21)32)23(31)19-5-3-17(4-6-19)18-7-9-20(10-8-18)35-14-2-11-28-12-15-34-16-13-28/h3-10,21,26,33H,2,11-16H2,1H3,(H,25,30). The third-order valence-corrected chi connectivity index (χ3v) is 5.99. The van der Waals surface area contributed by atoms with Crippen LogP contribution in [0.1, 0.15) is 16.8 Å². The minimum atomic E-state index is -1.48. The molecule has 2 aromatic carbocycles. The number of rotatable bonds is 8. The predicted octanol–water partition coefficient (Wildman–Crippen LogP) is 0.663. The number of carbonyl (C=O) groups excluding carboxylic acids is 3. The Morgan fingerprint density at radius 2 is 1.71 bits per heavy atom. The summed E-state index contributed by atoms with van der Waals surface area (Å²) in [4.78, 5) is 40.3. The van der Waals surface area contributed by atoms with E-state index >= 15 is 0 Å². The van der Waals surface area contributed by atoms with E-state index in [1.54, 1.807) is 24.3 Å². The number of nitrogens with one attached hydrogen (secondary N) is 2. The van der Waals surface area contributed by atoms with Crippen molar-refractivity contribution in [3.05, 3.63) is 54.1 Å². The topological polar surface area (TPSA) is 124 Å². The third-order valence-electron chi connectivity index (χ3n) is 5.99. The Kier molecular flexibility index (Phi) is 7.93. The molecule has 2 heterocycles. The van der Waals surface area contributed by atoms with E-state index in [0.29, 0.717) is 12.2 Å². The molecule has 0 aromatic heterocycles. The minimum absolute atomic E-state index is 0.135. The lowest BCUT2D eigenvalue weighted by Gasteiger charge is -2.32. The van der Waals surface area contributed by atoms with Crippen molar-refractivity contribution in [1.82, 2.24) is 25.9 Å². The van der Waals surface area contributed by atoms with Crippen LogP contribution in [-0.2, 0) is 14.3 Å². The summed E-state index contributed by atoms with van der Waals surface area (Å²) in [5.41, 5.74) is 6.28. The molecule has 11 nitrogen and oxygen atoms in total. The average Bonchev–Trinajstić information content (AvgIpc) is 2.89. The maximum atomic E-state index is 12.8. The van der Waals surface area contributed by atoms with Gasteiger partial charge in [0.25, 0.3) is 17.7 Å². The number of carbonyl (C=O) groups is 3. The lowest BCUT2D eigenvalue weighted by atomic mass is 10.0. The van der Waals surface area contributed by atoms with Gasteiger partial charge in [-0.2, -0.15) is 0 Å². The number of morpholine rings is 1. The van der Waals surface area contributed by atoms with Crippen molar-refractivity contribution in [3.8, 4) is 16.9 Å². The maximum Gasteiger partial charge on any atom is 0.295 e. The van der Waals surface area contributed by atoms with Crippen molar-refractivity contribution >= 4 is 17.7 Å². The van der Waals surface area contributed by atoms with Gasteiger partial charge in [-0.1, -0.05) is 24.3 Å². The summed E-state index contributed by atoms with van der Waals surface area (Å²) in [6.07, 6.45) is 0.951. The van der Waals surface area contributed by atoms with Gasteiger partial charge in [0.05, 0.1) is 19.8 Å². The maximum absolute atomic E-state index is 12.8. The van der Waals surface area contributed by atoms with Crippen LogP contribution in [0.4, 0.5) is 0 Å². The van der Waals surface area contributed by atoms with Crippen LogP contribution in [-0.4, -0.2) is 90.4 Å². The highest BCUT2D eigenvalue weighted by molar-refractivity contribution is 6.09. The monoisotopic (exact) mass is 483 g/mol. The van der Waals surface area contributed by atoms with Crippen LogP contribution < -0.4 is 15.7 Å². The van der Waals surface area contributed by atoms with Gasteiger partial charge >= 0.3 is 0 Å². The van der Waals surface area contributed by atoms with Gasteiger partial charge in [0.2, 0.25) is 0 Å². The van der Waals surface area contributed by atoms with E-state index in [-0.39, 0.29) is 5.17 Å². The van der Waals surface area contributed by atoms with Crippen molar-refractivity contribution < 1.29 is 29.1 Å². The summed E-state index contributed by atoms with van der Waals surface area (Å²) in [6.45, 7) is 5.19. The van der Waals surface area contributed by atoms with E-state index in [1.165, 1.54) is 7.05 Å². The normalized spacial score (nSPS) is 18.8. The molecule has 1 atom stereocenters. The smallest absolute Gasteiger partial charge is 0.295 e. The average molecular weight is 484 g/mol. The van der Waals surface area contributed by atoms with Crippen molar-refractivity contribution in [3.63, 3.8) is 0 Å². The molecule has 3 N–H and O–H groups in total. The molecule has 2 aliphatic rings. The fourth-order valence-electron chi connectivity index (χ4n) is 3.97. The molecule has 0 saturated carbocycles. The van der Waals surface area contributed by atoms with Crippen LogP contribution in [0, 0.1) is 0 Å². The second-order valence-electron chi connectivity index (χ2n) is 8.33. The Hall–Kier alpha value is -3.51. The second kappa shape index (κ2) is 11.3. The molecular weight excluding hydrogens is 454 g/mol. The number of hydrazine groups is 2. The van der Waals surface area contributed by atoms with E-state index in [9.17, 15) is 19.6 Å². The molecule has 35 heavy (non-hydrogen) atoms. The second-order valence-corrected chi connectivity index (χ2v) is 8.33. The van der Waals surface area contributed by atoms with Crippen LogP contribution in [0.2, 0.25) is 0 Å². The Labute approximate surface area is 203 Å². The summed E-state index contributed by atoms with van der Waals surface area (Å²) < 4.78 is 11.2. The van der Waals surface area contributed by atoms with Crippen LogP contribution in [0.5, 0.6) is 5.75 Å². The molecule has 4 rings (SSSR count). The number of hydroxylamine groups is 1. The van der Waals surface area contributed by atoms with E-state index in [1.807, 2.05) is 29.8 Å². The zero-order chi connectivity index (χ0) is 24.8. The van der Waals surface area contributed by atoms with Crippen molar-refractivity contribution in [2.45, 2.75) is 12.5 Å². The SMILES string of the molecule is CN(C(=O)c1ccc(-c2ccc(OCCCN3CCOCC3)cc2)cc1)C1C(=O)NNN(O)C1=O. The molecule has 0 bridgehead atoms. The van der Waals surface area contributed by atoms with Gasteiger partial charge in [0.15, 0.2) is 6.04 Å². The molecule has 2 saturated heterocycles. The van der Waals surface area contributed by atoms with Crippen LogP contribution in [0.15, 0.2) is 48.5 Å². The highest BCUT2D eigenvalue weighted by Crippen LogP contribution is 2.23. The predicted molar refractivity (Wildman–Crippen MR) is 125 cm³/mol. The fourth-order valence-corrected chi connectivity index (χ4v) is 3.97. The first-order valence-corrected chi connectivity index (χ1v) is 11.4. The molecule has 2 fully saturated rings. The van der Waals surface area contributed by atoms with Crippen LogP contribution >= 0.6 is 0 Å². The van der Waals surface area contributed by atoms with Crippen LogP contribution in [0.3, 0.4) is 0 Å². The molecule has 2 aromatic rings. The molecule has 186 valence electrons. The third kappa shape index (κ3) is 5.95. The van der Waals surface area contributed by atoms with Gasteiger partial charge in [-0.25, -0.2) is 0 Å². The van der Waals surface area contributed by atoms with Gasteiger partial charge in [-0.15, -0.1) is 10.7 Å². The Morgan fingerprint density at radius 3 is 2.37 bits per heavy atom. The van der Waals surface area contributed by atoms with Gasteiger partial charge in [0.1, 0.15) is 5.75 Å². The highest BCUT2D eigenvalue weighted by atomic mass is 16.6. The van der Waals surface area contributed by atoms with Crippen LogP contribution in [0.25, 0.3) is 11.1 Å². The summed E-state index contributed by atoms with van der Waals surface area (Å²) in [6, 6.07) is 13.1. The van der Waals surface area contributed by atoms with Gasteiger partial charge in [0, 0.05) is 32.2 Å². The van der Waals surface area contributed by atoms with Gasteiger partial charge in [-0.3, -0.25) is 29.9 Å². The lowest BCUT2D eigenvalue weighted by molar-refractivity contribution is -0.199. The number of hydrogen-bond acceptors (Lipinski definition) is 8. The Morgan fingerprint density at radius 1 is 1.09 bits per heavy atom.